The molecule has 4 heteroatoms. The normalized spacial score (nSPS) is 20.1. The van der Waals surface area contributed by atoms with Crippen molar-refractivity contribution in [2.24, 2.45) is 11.5 Å². The standard InChI is InChI=1S/C12H17N3O/c1-8-2-3-10(12(14)16)11(6-8)15-5-4-9(13)7-15/h2-3,6,9H,4-5,7,13H2,1H3,(H2,14,16). The lowest BCUT2D eigenvalue weighted by Crippen LogP contribution is -2.28. The highest BCUT2D eigenvalue weighted by Crippen LogP contribution is 2.25. The summed E-state index contributed by atoms with van der Waals surface area (Å²) in [6.45, 7) is 3.69. The zero-order valence-corrected chi connectivity index (χ0v) is 9.44. The molecule has 16 heavy (non-hydrogen) atoms. The lowest BCUT2D eigenvalue weighted by Gasteiger charge is -2.21. The van der Waals surface area contributed by atoms with Crippen molar-refractivity contribution in [3.05, 3.63) is 29.3 Å². The molecule has 1 aliphatic rings. The second-order valence-corrected chi connectivity index (χ2v) is 4.38. The number of anilines is 1. The van der Waals surface area contributed by atoms with Gasteiger partial charge in [0.25, 0.3) is 5.91 Å². The second kappa shape index (κ2) is 4.14. The first-order valence-electron chi connectivity index (χ1n) is 5.49. The van der Waals surface area contributed by atoms with Crippen LogP contribution in [0.5, 0.6) is 0 Å². The van der Waals surface area contributed by atoms with Crippen LogP contribution in [-0.4, -0.2) is 25.0 Å². The lowest BCUT2D eigenvalue weighted by molar-refractivity contribution is 0.100. The highest BCUT2D eigenvalue weighted by atomic mass is 16.1. The minimum atomic E-state index is -0.379. The third-order valence-electron chi connectivity index (χ3n) is 2.98. The summed E-state index contributed by atoms with van der Waals surface area (Å²) < 4.78 is 0. The summed E-state index contributed by atoms with van der Waals surface area (Å²) in [6, 6.07) is 5.88. The number of rotatable bonds is 2. The highest BCUT2D eigenvalue weighted by Gasteiger charge is 2.22. The summed E-state index contributed by atoms with van der Waals surface area (Å²) in [6.07, 6.45) is 0.964. The van der Waals surface area contributed by atoms with Crippen molar-refractivity contribution in [2.75, 3.05) is 18.0 Å². The van der Waals surface area contributed by atoms with E-state index in [1.54, 1.807) is 6.07 Å². The average molecular weight is 219 g/mol. The Bertz CT molecular complexity index is 417. The van der Waals surface area contributed by atoms with Crippen molar-refractivity contribution in [3.8, 4) is 0 Å². The van der Waals surface area contributed by atoms with Crippen LogP contribution in [0.1, 0.15) is 22.3 Å². The Morgan fingerprint density at radius 3 is 2.81 bits per heavy atom. The Balaban J connectivity index is 2.37. The summed E-state index contributed by atoms with van der Waals surface area (Å²) in [5.74, 6) is -0.379. The molecule has 2 rings (SSSR count). The molecule has 4 N–H and O–H groups in total. The Hall–Kier alpha value is -1.55. The molecule has 0 aromatic heterocycles. The van der Waals surface area contributed by atoms with Crippen LogP contribution in [0, 0.1) is 6.92 Å². The molecule has 0 saturated carbocycles. The van der Waals surface area contributed by atoms with Crippen molar-refractivity contribution in [1.82, 2.24) is 0 Å². The van der Waals surface area contributed by atoms with E-state index < -0.39 is 0 Å². The molecule has 4 nitrogen and oxygen atoms in total. The number of nitrogens with zero attached hydrogens (tertiary/aromatic N) is 1. The molecule has 1 atom stereocenters. The number of hydrogen-bond acceptors (Lipinski definition) is 3. The van der Waals surface area contributed by atoms with Crippen LogP contribution in [0.2, 0.25) is 0 Å². The van der Waals surface area contributed by atoms with Gasteiger partial charge in [-0.25, -0.2) is 0 Å². The van der Waals surface area contributed by atoms with Crippen LogP contribution in [0.3, 0.4) is 0 Å². The van der Waals surface area contributed by atoms with Gasteiger partial charge in [0.05, 0.1) is 5.56 Å². The zero-order valence-electron chi connectivity index (χ0n) is 9.44. The molecular formula is C12H17N3O. The van der Waals surface area contributed by atoms with Gasteiger partial charge >= 0.3 is 0 Å². The number of amides is 1. The second-order valence-electron chi connectivity index (χ2n) is 4.38. The van der Waals surface area contributed by atoms with Crippen molar-refractivity contribution < 1.29 is 4.79 Å². The van der Waals surface area contributed by atoms with E-state index in [0.717, 1.165) is 30.8 Å². The molecule has 1 unspecified atom stereocenters. The zero-order chi connectivity index (χ0) is 11.7. The molecule has 86 valence electrons. The maximum Gasteiger partial charge on any atom is 0.250 e. The molecule has 1 aromatic rings. The summed E-state index contributed by atoms with van der Waals surface area (Å²) >= 11 is 0. The van der Waals surface area contributed by atoms with E-state index in [1.165, 1.54) is 0 Å². The van der Waals surface area contributed by atoms with Crippen LogP contribution in [-0.2, 0) is 0 Å². The topological polar surface area (TPSA) is 72.4 Å². The first kappa shape index (κ1) is 11.0. The smallest absolute Gasteiger partial charge is 0.250 e. The number of nitrogens with two attached hydrogens (primary N) is 2. The Morgan fingerprint density at radius 2 is 2.25 bits per heavy atom. The predicted octanol–water partition coefficient (Wildman–Crippen LogP) is 0.631. The van der Waals surface area contributed by atoms with E-state index >= 15 is 0 Å². The number of aryl methyl sites for hydroxylation is 1. The van der Waals surface area contributed by atoms with Crippen LogP contribution in [0.4, 0.5) is 5.69 Å². The van der Waals surface area contributed by atoms with E-state index in [9.17, 15) is 4.79 Å². The van der Waals surface area contributed by atoms with E-state index in [4.69, 9.17) is 11.5 Å². The third-order valence-corrected chi connectivity index (χ3v) is 2.98. The van der Waals surface area contributed by atoms with Gasteiger partial charge in [0, 0.05) is 24.8 Å². The molecule has 0 radical (unpaired) electrons. The maximum atomic E-state index is 11.3. The molecule has 1 aliphatic heterocycles. The largest absolute Gasteiger partial charge is 0.369 e. The van der Waals surface area contributed by atoms with Gasteiger partial charge in [-0.1, -0.05) is 6.07 Å². The van der Waals surface area contributed by atoms with Gasteiger partial charge < -0.3 is 16.4 Å². The first-order valence-corrected chi connectivity index (χ1v) is 5.49. The van der Waals surface area contributed by atoms with Crippen molar-refractivity contribution in [3.63, 3.8) is 0 Å². The van der Waals surface area contributed by atoms with Crippen LogP contribution in [0.15, 0.2) is 18.2 Å². The highest BCUT2D eigenvalue weighted by molar-refractivity contribution is 5.98. The summed E-state index contributed by atoms with van der Waals surface area (Å²) in [7, 11) is 0. The molecule has 1 aromatic carbocycles. The van der Waals surface area contributed by atoms with Crippen LogP contribution < -0.4 is 16.4 Å². The monoisotopic (exact) mass is 219 g/mol. The fourth-order valence-electron chi connectivity index (χ4n) is 2.12. The van der Waals surface area contributed by atoms with E-state index in [1.807, 2.05) is 19.1 Å². The lowest BCUT2D eigenvalue weighted by atomic mass is 10.1. The molecule has 1 amide bonds. The van der Waals surface area contributed by atoms with Gasteiger partial charge in [0.15, 0.2) is 0 Å². The van der Waals surface area contributed by atoms with E-state index in [-0.39, 0.29) is 11.9 Å². The number of carbonyl (C=O) groups is 1. The number of primary amides is 1. The Labute approximate surface area is 95.2 Å². The third kappa shape index (κ3) is 2.02. The fraction of sp³-hybridized carbons (Fsp3) is 0.417. The predicted molar refractivity (Wildman–Crippen MR) is 64.5 cm³/mol. The molecule has 1 heterocycles. The quantitative estimate of drug-likeness (QED) is 0.766. The number of carbonyl (C=O) groups excluding carboxylic acids is 1. The van der Waals surface area contributed by atoms with Crippen molar-refractivity contribution >= 4 is 11.6 Å². The van der Waals surface area contributed by atoms with E-state index in [0.29, 0.717) is 5.56 Å². The summed E-state index contributed by atoms with van der Waals surface area (Å²) in [4.78, 5) is 13.5. The van der Waals surface area contributed by atoms with Crippen LogP contribution in [0.25, 0.3) is 0 Å². The SMILES string of the molecule is Cc1ccc(C(N)=O)c(N2CCC(N)C2)c1. The molecule has 1 saturated heterocycles. The molecular weight excluding hydrogens is 202 g/mol. The fourth-order valence-corrected chi connectivity index (χ4v) is 2.12. The van der Waals surface area contributed by atoms with E-state index in [2.05, 4.69) is 4.90 Å². The molecule has 1 fully saturated rings. The Kier molecular flexibility index (Phi) is 2.83. The molecule has 0 bridgehead atoms. The Morgan fingerprint density at radius 1 is 1.50 bits per heavy atom. The first-order chi connectivity index (χ1) is 7.58. The van der Waals surface area contributed by atoms with Crippen LogP contribution >= 0.6 is 0 Å². The summed E-state index contributed by atoms with van der Waals surface area (Å²) in [5.41, 5.74) is 13.9. The average Bonchev–Trinajstić information content (AvgIpc) is 2.64. The molecule has 0 aliphatic carbocycles. The van der Waals surface area contributed by atoms with Gasteiger partial charge in [-0.2, -0.15) is 0 Å². The van der Waals surface area contributed by atoms with Gasteiger partial charge in [-0.3, -0.25) is 4.79 Å². The van der Waals surface area contributed by atoms with Gasteiger partial charge in [0.1, 0.15) is 0 Å². The van der Waals surface area contributed by atoms with Gasteiger partial charge in [-0.05, 0) is 31.0 Å². The van der Waals surface area contributed by atoms with Crippen molar-refractivity contribution in [2.45, 2.75) is 19.4 Å². The van der Waals surface area contributed by atoms with Crippen molar-refractivity contribution in [1.29, 1.82) is 0 Å². The number of hydrogen-bond donors (Lipinski definition) is 2. The van der Waals surface area contributed by atoms with Gasteiger partial charge in [-0.15, -0.1) is 0 Å². The number of benzene rings is 1. The summed E-state index contributed by atoms with van der Waals surface area (Å²) in [5, 5.41) is 0. The minimum Gasteiger partial charge on any atom is -0.369 e. The molecule has 0 spiro atoms. The minimum absolute atomic E-state index is 0.196. The maximum absolute atomic E-state index is 11.3. The van der Waals surface area contributed by atoms with Gasteiger partial charge in [0.2, 0.25) is 0 Å².